The van der Waals surface area contributed by atoms with E-state index in [2.05, 4.69) is 15.3 Å². The number of hydrogen-bond acceptors (Lipinski definition) is 4. The fourth-order valence-corrected chi connectivity index (χ4v) is 2.82. The average molecular weight is 392 g/mol. The molecule has 0 aliphatic carbocycles. The topological polar surface area (TPSA) is 104 Å². The highest BCUT2D eigenvalue weighted by atomic mass is 35.5. The molecule has 3 rings (SSSR count). The zero-order valence-corrected chi connectivity index (χ0v) is 15.4. The molecule has 3 aromatic rings. The van der Waals surface area contributed by atoms with Gasteiger partial charge in [0.25, 0.3) is 11.8 Å². The quantitative estimate of drug-likeness (QED) is 0.634. The Morgan fingerprint density at radius 2 is 1.88 bits per heavy atom. The van der Waals surface area contributed by atoms with Crippen molar-refractivity contribution < 1.29 is 9.59 Å². The minimum Gasteiger partial charge on any atom is -0.366 e. The van der Waals surface area contributed by atoms with Gasteiger partial charge >= 0.3 is 0 Å². The second kappa shape index (κ2) is 6.86. The number of anilines is 2. The molecule has 0 aliphatic rings. The van der Waals surface area contributed by atoms with Crippen molar-refractivity contribution in [3.8, 4) is 0 Å². The van der Waals surface area contributed by atoms with Gasteiger partial charge in [-0.1, -0.05) is 23.2 Å². The minimum absolute atomic E-state index is 0.194. The molecule has 134 valence electrons. The van der Waals surface area contributed by atoms with E-state index in [-0.39, 0.29) is 16.1 Å². The molecule has 2 aromatic carbocycles. The smallest absolute Gasteiger partial charge is 0.257 e. The second-order valence-corrected chi connectivity index (χ2v) is 6.66. The third-order valence-corrected chi connectivity index (χ3v) is 4.26. The van der Waals surface area contributed by atoms with Gasteiger partial charge in [0.15, 0.2) is 0 Å². The molecule has 0 spiro atoms. The zero-order valence-electron chi connectivity index (χ0n) is 13.9. The molecule has 0 saturated heterocycles. The predicted molar refractivity (Wildman–Crippen MR) is 103 cm³/mol. The third kappa shape index (κ3) is 3.44. The normalized spacial score (nSPS) is 10.8. The number of imidazole rings is 1. The molecule has 0 fully saturated rings. The summed E-state index contributed by atoms with van der Waals surface area (Å²) in [6, 6.07) is 7.73. The van der Waals surface area contributed by atoms with Crippen LogP contribution in [-0.2, 0) is 0 Å². The number of carbonyl (C=O) groups is 2. The number of rotatable bonds is 4. The van der Waals surface area contributed by atoms with E-state index in [1.807, 2.05) is 14.1 Å². The molecule has 2 amide bonds. The van der Waals surface area contributed by atoms with Gasteiger partial charge in [0.1, 0.15) is 5.52 Å². The van der Waals surface area contributed by atoms with E-state index < -0.39 is 11.8 Å². The van der Waals surface area contributed by atoms with E-state index in [9.17, 15) is 9.59 Å². The largest absolute Gasteiger partial charge is 0.366 e. The molecule has 0 radical (unpaired) electrons. The van der Waals surface area contributed by atoms with Gasteiger partial charge in [-0.3, -0.25) is 9.59 Å². The number of halogens is 2. The Labute approximate surface area is 159 Å². The molecule has 7 nitrogen and oxygen atoms in total. The number of primary amides is 1. The lowest BCUT2D eigenvalue weighted by atomic mass is 10.1. The summed E-state index contributed by atoms with van der Waals surface area (Å²) in [7, 11) is 3.62. The maximum Gasteiger partial charge on any atom is 0.257 e. The molecule has 1 heterocycles. The van der Waals surface area contributed by atoms with Crippen LogP contribution in [0.5, 0.6) is 0 Å². The van der Waals surface area contributed by atoms with E-state index in [0.29, 0.717) is 27.7 Å². The lowest BCUT2D eigenvalue weighted by Crippen LogP contribution is -2.15. The average Bonchev–Trinajstić information content (AvgIpc) is 3.00. The number of amides is 2. The highest BCUT2D eigenvalue weighted by Gasteiger charge is 2.17. The Kier molecular flexibility index (Phi) is 4.76. The molecule has 4 N–H and O–H groups in total. The maximum atomic E-state index is 12.5. The molecule has 0 saturated carbocycles. The first-order chi connectivity index (χ1) is 12.3. The summed E-state index contributed by atoms with van der Waals surface area (Å²) in [5, 5.41) is 3.35. The van der Waals surface area contributed by atoms with Crippen LogP contribution in [0.2, 0.25) is 10.0 Å². The van der Waals surface area contributed by atoms with Gasteiger partial charge in [-0.05, 0) is 30.3 Å². The molecule has 0 unspecified atom stereocenters. The van der Waals surface area contributed by atoms with Crippen LogP contribution in [0.4, 0.5) is 11.6 Å². The van der Waals surface area contributed by atoms with Crippen molar-refractivity contribution in [3.63, 3.8) is 0 Å². The number of carbonyl (C=O) groups excluding carboxylic acids is 2. The number of benzene rings is 2. The van der Waals surface area contributed by atoms with Crippen molar-refractivity contribution in [2.24, 2.45) is 5.73 Å². The lowest BCUT2D eigenvalue weighted by molar-refractivity contribution is 0.0997. The number of hydrogen-bond donors (Lipinski definition) is 3. The monoisotopic (exact) mass is 391 g/mol. The van der Waals surface area contributed by atoms with Crippen LogP contribution in [0.1, 0.15) is 20.7 Å². The van der Waals surface area contributed by atoms with Gasteiger partial charge in [0, 0.05) is 24.8 Å². The van der Waals surface area contributed by atoms with Crippen molar-refractivity contribution >= 4 is 57.7 Å². The van der Waals surface area contributed by atoms with Gasteiger partial charge in [0.05, 0.1) is 21.7 Å². The Balaban J connectivity index is 2.03. The van der Waals surface area contributed by atoms with Crippen molar-refractivity contribution in [2.75, 3.05) is 24.3 Å². The van der Waals surface area contributed by atoms with Gasteiger partial charge < -0.3 is 20.9 Å². The summed E-state index contributed by atoms with van der Waals surface area (Å²) in [6.07, 6.45) is 0. The Morgan fingerprint density at radius 1 is 1.15 bits per heavy atom. The number of H-pyrrole nitrogens is 1. The molecule has 9 heteroatoms. The highest BCUT2D eigenvalue weighted by Crippen LogP contribution is 2.26. The molecule has 26 heavy (non-hydrogen) atoms. The molecular weight excluding hydrogens is 377 g/mol. The predicted octanol–water partition coefficient (Wildman–Crippen LogP) is 3.29. The van der Waals surface area contributed by atoms with Crippen LogP contribution >= 0.6 is 23.2 Å². The molecule has 0 atom stereocenters. The summed E-state index contributed by atoms with van der Waals surface area (Å²) < 4.78 is 0. The summed E-state index contributed by atoms with van der Waals surface area (Å²) >= 11 is 12.0. The molecule has 0 aliphatic heterocycles. The van der Waals surface area contributed by atoms with Crippen molar-refractivity contribution in [2.45, 2.75) is 0 Å². The van der Waals surface area contributed by atoms with Gasteiger partial charge in [0.2, 0.25) is 5.95 Å². The third-order valence-electron chi connectivity index (χ3n) is 3.69. The fourth-order valence-electron chi connectivity index (χ4n) is 2.45. The van der Waals surface area contributed by atoms with Crippen molar-refractivity contribution in [1.29, 1.82) is 0 Å². The Hall–Kier alpha value is -2.77. The van der Waals surface area contributed by atoms with E-state index in [0.717, 1.165) is 0 Å². The Bertz CT molecular complexity index is 1030. The van der Waals surface area contributed by atoms with Crippen LogP contribution in [0.15, 0.2) is 30.3 Å². The van der Waals surface area contributed by atoms with Crippen molar-refractivity contribution in [3.05, 3.63) is 51.5 Å². The first-order valence-corrected chi connectivity index (χ1v) is 8.29. The zero-order chi connectivity index (χ0) is 19.0. The number of nitrogens with one attached hydrogen (secondary N) is 2. The number of nitrogens with two attached hydrogens (primary N) is 1. The van der Waals surface area contributed by atoms with Gasteiger partial charge in [-0.2, -0.15) is 0 Å². The van der Waals surface area contributed by atoms with Gasteiger partial charge in [-0.15, -0.1) is 0 Å². The van der Waals surface area contributed by atoms with E-state index in [1.54, 1.807) is 17.0 Å². The standard InChI is InChI=1S/C17H15Cl2N5O2/c1-24(2)17-22-13-7-9(6-11(15(20)25)14(13)23-17)21-16(26)10-5-8(18)3-4-12(10)19/h3-7H,1-2H3,(H2,20,25)(H,21,26)(H,22,23). The van der Waals surface area contributed by atoms with E-state index in [1.165, 1.54) is 18.2 Å². The molecule has 1 aromatic heterocycles. The van der Waals surface area contributed by atoms with Gasteiger partial charge in [-0.25, -0.2) is 4.98 Å². The molecule has 0 bridgehead atoms. The minimum atomic E-state index is -0.649. The van der Waals surface area contributed by atoms with Crippen LogP contribution in [0, 0.1) is 0 Å². The fraction of sp³-hybridized carbons (Fsp3) is 0.118. The summed E-state index contributed by atoms with van der Waals surface area (Å²) in [6.45, 7) is 0. The van der Waals surface area contributed by atoms with Crippen LogP contribution in [-0.4, -0.2) is 35.9 Å². The number of aromatic nitrogens is 2. The first-order valence-electron chi connectivity index (χ1n) is 7.53. The van der Waals surface area contributed by atoms with Crippen LogP contribution < -0.4 is 16.0 Å². The van der Waals surface area contributed by atoms with Crippen LogP contribution in [0.3, 0.4) is 0 Å². The van der Waals surface area contributed by atoms with Crippen molar-refractivity contribution in [1.82, 2.24) is 9.97 Å². The summed E-state index contributed by atoms with van der Waals surface area (Å²) in [5.74, 6) is -0.549. The number of aromatic amines is 1. The molecular formula is C17H15Cl2N5O2. The second-order valence-electron chi connectivity index (χ2n) is 5.82. The first kappa shape index (κ1) is 18.0. The van der Waals surface area contributed by atoms with E-state index >= 15 is 0 Å². The summed E-state index contributed by atoms with van der Waals surface area (Å²) in [5.41, 5.74) is 7.25. The number of nitrogens with zero attached hydrogens (tertiary/aromatic N) is 2. The SMILES string of the molecule is CN(C)c1nc2c(C(N)=O)cc(NC(=O)c3cc(Cl)ccc3Cl)cc2[nH]1. The number of fused-ring (bicyclic) bond motifs is 1. The maximum absolute atomic E-state index is 12.5. The summed E-state index contributed by atoms with van der Waals surface area (Å²) in [4.78, 5) is 33.5. The van der Waals surface area contributed by atoms with E-state index in [4.69, 9.17) is 28.9 Å². The van der Waals surface area contributed by atoms with Crippen LogP contribution in [0.25, 0.3) is 11.0 Å². The highest BCUT2D eigenvalue weighted by molar-refractivity contribution is 6.36. The Morgan fingerprint density at radius 3 is 2.54 bits per heavy atom. The lowest BCUT2D eigenvalue weighted by Gasteiger charge is -2.09.